The number of likely N-dealkylation sites (N-methyl/N-ethyl adjacent to an activating group) is 1. The minimum absolute atomic E-state index is 0.344. The number of aryl methyl sites for hydroxylation is 1. The second-order valence-electron chi connectivity index (χ2n) is 5.46. The molecule has 0 saturated heterocycles. The summed E-state index contributed by atoms with van der Waals surface area (Å²) in [7, 11) is 0.0256. The number of rotatable bonds is 9. The van der Waals surface area contributed by atoms with Gasteiger partial charge in [0.15, 0.2) is 0 Å². The van der Waals surface area contributed by atoms with Crippen LogP contribution in [-0.2, 0) is 28.4 Å². The quantitative estimate of drug-likeness (QED) is 0.689. The van der Waals surface area contributed by atoms with Gasteiger partial charge < -0.3 is 14.6 Å². The van der Waals surface area contributed by atoms with Crippen LogP contribution in [-0.4, -0.2) is 50.1 Å². The zero-order valence-electron chi connectivity index (χ0n) is 13.0. The first-order valence-electron chi connectivity index (χ1n) is 7.38. The fourth-order valence-electron chi connectivity index (χ4n) is 2.07. The molecule has 1 heterocycles. The topological polar surface area (TPSA) is 63.6 Å². The summed E-state index contributed by atoms with van der Waals surface area (Å²) in [5, 5.41) is 3.40. The van der Waals surface area contributed by atoms with Gasteiger partial charge in [-0.2, -0.15) is 4.31 Å². The number of ether oxygens (including phenoxy) is 1. The summed E-state index contributed by atoms with van der Waals surface area (Å²) >= 11 is 0. The van der Waals surface area contributed by atoms with E-state index in [9.17, 15) is 8.42 Å². The van der Waals surface area contributed by atoms with E-state index in [1.165, 1.54) is 17.1 Å². The Morgan fingerprint density at radius 2 is 2.19 bits per heavy atom. The highest BCUT2D eigenvalue weighted by molar-refractivity contribution is 7.89. The SMILES string of the molecule is CCOCCN(C)S(=O)(=O)c1cc(CNC2CC2)n(C)c1. The highest BCUT2D eigenvalue weighted by Gasteiger charge is 2.24. The Kier molecular flexibility index (Phi) is 5.43. The molecule has 0 radical (unpaired) electrons. The van der Waals surface area contributed by atoms with Crippen LogP contribution in [0.5, 0.6) is 0 Å². The fraction of sp³-hybridized carbons (Fsp3) is 0.714. The zero-order valence-corrected chi connectivity index (χ0v) is 13.8. The van der Waals surface area contributed by atoms with Crippen LogP contribution in [0.15, 0.2) is 17.2 Å². The zero-order chi connectivity index (χ0) is 15.5. The Balaban J connectivity index is 2.02. The maximum absolute atomic E-state index is 12.5. The van der Waals surface area contributed by atoms with Crippen LogP contribution in [0.25, 0.3) is 0 Å². The fourth-order valence-corrected chi connectivity index (χ4v) is 3.32. The first-order valence-corrected chi connectivity index (χ1v) is 8.82. The van der Waals surface area contributed by atoms with Crippen molar-refractivity contribution in [1.82, 2.24) is 14.2 Å². The average Bonchev–Trinajstić information content (AvgIpc) is 3.19. The number of aromatic nitrogens is 1. The van der Waals surface area contributed by atoms with Crippen molar-refractivity contribution in [2.75, 3.05) is 26.8 Å². The van der Waals surface area contributed by atoms with Gasteiger partial charge >= 0.3 is 0 Å². The lowest BCUT2D eigenvalue weighted by molar-refractivity contribution is 0.138. The molecule has 120 valence electrons. The normalized spacial score (nSPS) is 15.8. The van der Waals surface area contributed by atoms with Crippen molar-refractivity contribution >= 4 is 10.0 Å². The lowest BCUT2D eigenvalue weighted by Gasteiger charge is -2.15. The van der Waals surface area contributed by atoms with E-state index in [1.807, 2.05) is 18.5 Å². The van der Waals surface area contributed by atoms with Crippen LogP contribution in [0.1, 0.15) is 25.5 Å². The molecule has 1 aliphatic rings. The maximum Gasteiger partial charge on any atom is 0.244 e. The molecule has 0 aromatic carbocycles. The van der Waals surface area contributed by atoms with Gasteiger partial charge in [-0.3, -0.25) is 0 Å². The molecular formula is C14H25N3O3S. The molecule has 1 aromatic heterocycles. The van der Waals surface area contributed by atoms with Crippen molar-refractivity contribution in [2.24, 2.45) is 7.05 Å². The predicted octanol–water partition coefficient (Wildman–Crippen LogP) is 0.934. The van der Waals surface area contributed by atoms with Gasteiger partial charge in [-0.05, 0) is 25.8 Å². The summed E-state index contributed by atoms with van der Waals surface area (Å²) in [6.45, 7) is 3.97. The van der Waals surface area contributed by atoms with Gasteiger partial charge in [0.2, 0.25) is 10.0 Å². The van der Waals surface area contributed by atoms with E-state index in [2.05, 4.69) is 5.32 Å². The summed E-state index contributed by atoms with van der Waals surface area (Å²) in [6.07, 6.45) is 4.11. The van der Waals surface area contributed by atoms with Crippen LogP contribution >= 0.6 is 0 Å². The smallest absolute Gasteiger partial charge is 0.244 e. The predicted molar refractivity (Wildman–Crippen MR) is 81.6 cm³/mol. The highest BCUT2D eigenvalue weighted by Crippen LogP contribution is 2.21. The Hall–Kier alpha value is -0.890. The number of nitrogens with one attached hydrogen (secondary N) is 1. The van der Waals surface area contributed by atoms with Crippen molar-refractivity contribution < 1.29 is 13.2 Å². The molecule has 6 nitrogen and oxygen atoms in total. The average molecular weight is 315 g/mol. The van der Waals surface area contributed by atoms with Crippen molar-refractivity contribution in [1.29, 1.82) is 0 Å². The highest BCUT2D eigenvalue weighted by atomic mass is 32.2. The molecule has 0 atom stereocenters. The summed E-state index contributed by atoms with van der Waals surface area (Å²) < 4.78 is 33.4. The summed E-state index contributed by atoms with van der Waals surface area (Å²) in [6, 6.07) is 2.36. The van der Waals surface area contributed by atoms with Crippen molar-refractivity contribution in [3.8, 4) is 0 Å². The third-order valence-electron chi connectivity index (χ3n) is 3.69. The van der Waals surface area contributed by atoms with E-state index in [0.717, 1.165) is 5.69 Å². The molecule has 0 bridgehead atoms. The second kappa shape index (κ2) is 6.91. The molecule has 1 aliphatic carbocycles. The van der Waals surface area contributed by atoms with Crippen molar-refractivity contribution in [2.45, 2.75) is 37.2 Å². The van der Waals surface area contributed by atoms with Gasteiger partial charge in [-0.25, -0.2) is 8.42 Å². The number of hydrogen-bond donors (Lipinski definition) is 1. The second-order valence-corrected chi connectivity index (χ2v) is 7.50. The van der Waals surface area contributed by atoms with Crippen molar-refractivity contribution in [3.05, 3.63) is 18.0 Å². The molecule has 0 aliphatic heterocycles. The lowest BCUT2D eigenvalue weighted by Crippen LogP contribution is -2.30. The molecule has 1 fully saturated rings. The van der Waals surface area contributed by atoms with Gasteiger partial charge in [0.1, 0.15) is 4.90 Å². The summed E-state index contributed by atoms with van der Waals surface area (Å²) in [5.41, 5.74) is 0.985. The number of sulfonamides is 1. The van der Waals surface area contributed by atoms with Crippen LogP contribution in [0.2, 0.25) is 0 Å². The molecule has 1 saturated carbocycles. The molecule has 0 unspecified atom stereocenters. The molecule has 0 spiro atoms. The van der Waals surface area contributed by atoms with Gasteiger partial charge in [-0.1, -0.05) is 0 Å². The van der Waals surface area contributed by atoms with Gasteiger partial charge in [0.05, 0.1) is 6.61 Å². The van der Waals surface area contributed by atoms with E-state index in [-0.39, 0.29) is 0 Å². The Morgan fingerprint density at radius 1 is 1.48 bits per heavy atom. The van der Waals surface area contributed by atoms with Gasteiger partial charge in [0.25, 0.3) is 0 Å². The minimum atomic E-state index is -3.44. The van der Waals surface area contributed by atoms with Crippen LogP contribution in [0, 0.1) is 0 Å². The lowest BCUT2D eigenvalue weighted by atomic mass is 10.4. The van der Waals surface area contributed by atoms with Gasteiger partial charge in [0, 0.05) is 51.7 Å². The molecule has 2 rings (SSSR count). The Bertz CT molecular complexity index is 564. The minimum Gasteiger partial charge on any atom is -0.380 e. The summed E-state index contributed by atoms with van der Waals surface area (Å²) in [5.74, 6) is 0. The Morgan fingerprint density at radius 3 is 2.81 bits per heavy atom. The van der Waals surface area contributed by atoms with E-state index >= 15 is 0 Å². The number of nitrogens with zero attached hydrogens (tertiary/aromatic N) is 2. The molecule has 21 heavy (non-hydrogen) atoms. The van der Waals surface area contributed by atoms with Crippen LogP contribution in [0.3, 0.4) is 0 Å². The van der Waals surface area contributed by atoms with Gasteiger partial charge in [-0.15, -0.1) is 0 Å². The van der Waals surface area contributed by atoms with Crippen molar-refractivity contribution in [3.63, 3.8) is 0 Å². The largest absolute Gasteiger partial charge is 0.380 e. The van der Waals surface area contributed by atoms with E-state index in [1.54, 1.807) is 19.3 Å². The van der Waals surface area contributed by atoms with E-state index in [0.29, 0.717) is 37.2 Å². The third kappa shape index (κ3) is 4.29. The molecule has 0 amide bonds. The molecule has 1 N–H and O–H groups in total. The van der Waals surface area contributed by atoms with Crippen LogP contribution < -0.4 is 5.32 Å². The summed E-state index contributed by atoms with van der Waals surface area (Å²) in [4.78, 5) is 0.344. The number of hydrogen-bond acceptors (Lipinski definition) is 4. The van der Waals surface area contributed by atoms with E-state index in [4.69, 9.17) is 4.74 Å². The molecule has 7 heteroatoms. The third-order valence-corrected chi connectivity index (χ3v) is 5.52. The molecular weight excluding hydrogens is 290 g/mol. The monoisotopic (exact) mass is 315 g/mol. The first kappa shape index (κ1) is 16.5. The van der Waals surface area contributed by atoms with Crippen LogP contribution in [0.4, 0.5) is 0 Å². The Labute approximate surface area is 127 Å². The first-order chi connectivity index (χ1) is 9.95. The van der Waals surface area contributed by atoms with E-state index < -0.39 is 10.0 Å². The maximum atomic E-state index is 12.5. The standard InChI is InChI=1S/C14H25N3O3S/c1-4-20-8-7-17(3)21(18,19)14-9-13(16(2)11-14)10-15-12-5-6-12/h9,11-12,15H,4-8,10H2,1-3H3. The molecule has 1 aromatic rings.